The zero-order chi connectivity index (χ0) is 23.5. The summed E-state index contributed by atoms with van der Waals surface area (Å²) in [7, 11) is 2.96. The summed E-state index contributed by atoms with van der Waals surface area (Å²) in [5, 5.41) is 5.63. The van der Waals surface area contributed by atoms with E-state index in [1.807, 2.05) is 0 Å². The van der Waals surface area contributed by atoms with E-state index in [1.54, 1.807) is 29.2 Å². The van der Waals surface area contributed by atoms with E-state index in [0.717, 1.165) is 12.3 Å². The van der Waals surface area contributed by atoms with E-state index in [9.17, 15) is 22.8 Å². The summed E-state index contributed by atoms with van der Waals surface area (Å²) in [5.74, 6) is -0.688. The fourth-order valence-electron chi connectivity index (χ4n) is 3.30. The molecule has 1 fully saturated rings. The molecule has 3 rings (SSSR count). The summed E-state index contributed by atoms with van der Waals surface area (Å²) in [6, 6.07) is 6.28. The van der Waals surface area contributed by atoms with E-state index in [0.29, 0.717) is 30.8 Å². The molecule has 170 valence electrons. The highest BCUT2D eigenvalue weighted by Gasteiger charge is 2.36. The second-order valence-corrected chi connectivity index (χ2v) is 7.47. The summed E-state index contributed by atoms with van der Waals surface area (Å²) < 4.78 is 39.5. The van der Waals surface area contributed by atoms with Crippen molar-refractivity contribution in [2.24, 2.45) is 0 Å². The summed E-state index contributed by atoms with van der Waals surface area (Å²) in [5.41, 5.74) is 0.0930. The molecule has 1 aliphatic rings. The van der Waals surface area contributed by atoms with E-state index >= 15 is 0 Å². The number of likely N-dealkylation sites (tertiary alicyclic amines) is 1. The Labute approximate surface area is 183 Å². The SMILES string of the molecule is C=CC(=O)Nc1ccc(C(=O)N2CC[C@H](Nc3ncc(C(F)(F)F)c(N(C)C)n3)C2)cc1. The number of aromatic nitrogens is 2. The highest BCUT2D eigenvalue weighted by atomic mass is 19.4. The van der Waals surface area contributed by atoms with Crippen LogP contribution in [-0.2, 0) is 11.0 Å². The molecule has 0 saturated carbocycles. The van der Waals surface area contributed by atoms with E-state index < -0.39 is 11.7 Å². The van der Waals surface area contributed by atoms with Crippen LogP contribution in [0.4, 0.5) is 30.6 Å². The van der Waals surface area contributed by atoms with Gasteiger partial charge in [-0.15, -0.1) is 0 Å². The molecular weight excluding hydrogens is 425 g/mol. The molecule has 0 bridgehead atoms. The molecular formula is C21H23F3N6O2. The van der Waals surface area contributed by atoms with E-state index in [1.165, 1.54) is 19.0 Å². The fourth-order valence-corrected chi connectivity index (χ4v) is 3.30. The molecule has 2 N–H and O–H groups in total. The first-order chi connectivity index (χ1) is 15.1. The Kier molecular flexibility index (Phi) is 6.66. The Morgan fingerprint density at radius 3 is 2.53 bits per heavy atom. The van der Waals surface area contributed by atoms with Crippen LogP contribution in [-0.4, -0.2) is 59.9 Å². The largest absolute Gasteiger partial charge is 0.421 e. The number of carbonyl (C=O) groups excluding carboxylic acids is 2. The Hall–Kier alpha value is -3.63. The number of benzene rings is 1. The molecule has 11 heteroatoms. The molecule has 32 heavy (non-hydrogen) atoms. The minimum atomic E-state index is -4.56. The van der Waals surface area contributed by atoms with Crippen molar-refractivity contribution >= 4 is 29.3 Å². The molecule has 0 spiro atoms. The second kappa shape index (κ2) is 9.25. The minimum absolute atomic E-state index is 0.0725. The number of anilines is 3. The van der Waals surface area contributed by atoms with Crippen molar-refractivity contribution in [3.05, 3.63) is 54.2 Å². The van der Waals surface area contributed by atoms with Gasteiger partial charge in [-0.05, 0) is 36.8 Å². The van der Waals surface area contributed by atoms with E-state index in [4.69, 9.17) is 0 Å². The highest BCUT2D eigenvalue weighted by molar-refractivity contribution is 5.99. The Bertz CT molecular complexity index is 1010. The molecule has 1 atom stereocenters. The van der Waals surface area contributed by atoms with Crippen LogP contribution in [0, 0.1) is 0 Å². The van der Waals surface area contributed by atoms with E-state index in [-0.39, 0.29) is 29.6 Å². The van der Waals surface area contributed by atoms with Gasteiger partial charge in [0.1, 0.15) is 11.4 Å². The van der Waals surface area contributed by atoms with Gasteiger partial charge in [0.15, 0.2) is 0 Å². The molecule has 0 unspecified atom stereocenters. The van der Waals surface area contributed by atoms with Crippen LogP contribution in [0.1, 0.15) is 22.3 Å². The summed E-state index contributed by atoms with van der Waals surface area (Å²) in [6.45, 7) is 4.22. The number of hydrogen-bond acceptors (Lipinski definition) is 6. The molecule has 0 radical (unpaired) electrons. The van der Waals surface area contributed by atoms with Gasteiger partial charge in [-0.2, -0.15) is 18.2 Å². The number of hydrogen-bond donors (Lipinski definition) is 2. The maximum absolute atomic E-state index is 13.2. The highest BCUT2D eigenvalue weighted by Crippen LogP contribution is 2.35. The first-order valence-corrected chi connectivity index (χ1v) is 9.79. The van der Waals surface area contributed by atoms with Crippen LogP contribution in [0.15, 0.2) is 43.1 Å². The fraction of sp³-hybridized carbons (Fsp3) is 0.333. The minimum Gasteiger partial charge on any atom is -0.362 e. The Balaban J connectivity index is 1.64. The third kappa shape index (κ3) is 5.34. The molecule has 0 aliphatic carbocycles. The van der Waals surface area contributed by atoms with E-state index in [2.05, 4.69) is 27.2 Å². The summed E-state index contributed by atoms with van der Waals surface area (Å²) in [4.78, 5) is 34.8. The van der Waals surface area contributed by atoms with Crippen molar-refractivity contribution in [1.29, 1.82) is 0 Å². The molecule has 2 amide bonds. The lowest BCUT2D eigenvalue weighted by atomic mass is 10.2. The third-order valence-corrected chi connectivity index (χ3v) is 4.89. The monoisotopic (exact) mass is 448 g/mol. The average molecular weight is 448 g/mol. The van der Waals surface area contributed by atoms with Gasteiger partial charge < -0.3 is 20.4 Å². The number of rotatable bonds is 6. The smallest absolute Gasteiger partial charge is 0.362 e. The molecule has 2 aromatic rings. The summed E-state index contributed by atoms with van der Waals surface area (Å²) in [6.07, 6.45) is -2.05. The number of alkyl halides is 3. The quantitative estimate of drug-likeness (QED) is 0.661. The lowest BCUT2D eigenvalue weighted by molar-refractivity contribution is -0.137. The van der Waals surface area contributed by atoms with Crippen LogP contribution in [0.25, 0.3) is 0 Å². The van der Waals surface area contributed by atoms with Crippen LogP contribution in [0.2, 0.25) is 0 Å². The van der Waals surface area contributed by atoms with Gasteiger partial charge in [0.2, 0.25) is 11.9 Å². The van der Waals surface area contributed by atoms with Crippen LogP contribution in [0.5, 0.6) is 0 Å². The lowest BCUT2D eigenvalue weighted by Gasteiger charge is -2.20. The molecule has 1 saturated heterocycles. The average Bonchev–Trinajstić information content (AvgIpc) is 3.21. The molecule has 2 heterocycles. The second-order valence-electron chi connectivity index (χ2n) is 7.47. The van der Waals surface area contributed by atoms with Crippen LogP contribution in [0.3, 0.4) is 0 Å². The van der Waals surface area contributed by atoms with Gasteiger partial charge in [0.25, 0.3) is 5.91 Å². The number of nitrogens with zero attached hydrogens (tertiary/aromatic N) is 4. The van der Waals surface area contributed by atoms with Crippen molar-refractivity contribution in [2.45, 2.75) is 18.6 Å². The number of amides is 2. The van der Waals surface area contributed by atoms with Gasteiger partial charge in [-0.25, -0.2) is 4.98 Å². The van der Waals surface area contributed by atoms with Crippen molar-refractivity contribution < 1.29 is 22.8 Å². The van der Waals surface area contributed by atoms with Gasteiger partial charge in [0, 0.05) is 50.7 Å². The molecule has 1 aromatic heterocycles. The van der Waals surface area contributed by atoms with Gasteiger partial charge in [0.05, 0.1) is 0 Å². The topological polar surface area (TPSA) is 90.5 Å². The van der Waals surface area contributed by atoms with Crippen LogP contribution < -0.4 is 15.5 Å². The van der Waals surface area contributed by atoms with Crippen molar-refractivity contribution in [3.63, 3.8) is 0 Å². The first-order valence-electron chi connectivity index (χ1n) is 9.79. The van der Waals surface area contributed by atoms with Gasteiger partial charge in [-0.1, -0.05) is 6.58 Å². The van der Waals surface area contributed by atoms with Crippen LogP contribution >= 0.6 is 0 Å². The van der Waals surface area contributed by atoms with Crippen molar-refractivity contribution in [1.82, 2.24) is 14.9 Å². The maximum atomic E-state index is 13.2. The lowest BCUT2D eigenvalue weighted by Crippen LogP contribution is -2.32. The molecule has 1 aromatic carbocycles. The molecule has 1 aliphatic heterocycles. The first kappa shape index (κ1) is 23.0. The number of halogens is 3. The predicted octanol–water partition coefficient (Wildman–Crippen LogP) is 3.01. The summed E-state index contributed by atoms with van der Waals surface area (Å²) >= 11 is 0. The normalized spacial score (nSPS) is 15.9. The van der Waals surface area contributed by atoms with Gasteiger partial charge >= 0.3 is 6.18 Å². The standard InChI is InChI=1S/C21H23F3N6O2/c1-4-17(31)26-14-7-5-13(6-8-14)19(32)30-10-9-15(12-30)27-20-25-11-16(21(22,23)24)18(28-20)29(2)3/h4-8,11,15H,1,9-10,12H2,2-3H3,(H,26,31)(H,25,27,28)/t15-/m0/s1. The Morgan fingerprint density at radius 2 is 1.94 bits per heavy atom. The van der Waals surface area contributed by atoms with Gasteiger partial charge in [-0.3, -0.25) is 9.59 Å². The molecule has 8 nitrogen and oxygen atoms in total. The predicted molar refractivity (Wildman–Crippen MR) is 115 cm³/mol. The maximum Gasteiger partial charge on any atom is 0.421 e. The zero-order valence-corrected chi connectivity index (χ0v) is 17.6. The zero-order valence-electron chi connectivity index (χ0n) is 17.6. The number of nitrogens with one attached hydrogen (secondary N) is 2. The van der Waals surface area contributed by atoms with Crippen molar-refractivity contribution in [3.8, 4) is 0 Å². The Morgan fingerprint density at radius 1 is 1.25 bits per heavy atom. The van der Waals surface area contributed by atoms with Crippen molar-refractivity contribution in [2.75, 3.05) is 42.7 Å². The third-order valence-electron chi connectivity index (χ3n) is 4.89. The number of carbonyl (C=O) groups is 2.